The van der Waals surface area contributed by atoms with Crippen molar-refractivity contribution in [3.8, 4) is 0 Å². The molecule has 0 spiro atoms. The molecule has 0 saturated carbocycles. The van der Waals surface area contributed by atoms with Crippen LogP contribution in [-0.2, 0) is 0 Å². The van der Waals surface area contributed by atoms with Crippen molar-refractivity contribution in [1.82, 2.24) is 0 Å². The summed E-state index contributed by atoms with van der Waals surface area (Å²) in [5.74, 6) is 0. The van der Waals surface area contributed by atoms with Crippen molar-refractivity contribution >= 4 is 5.69 Å². The van der Waals surface area contributed by atoms with Gasteiger partial charge in [0.1, 0.15) is 12.6 Å². The van der Waals surface area contributed by atoms with E-state index in [0.717, 1.165) is 17.6 Å². The molecule has 0 radical (unpaired) electrons. The third-order valence-electron chi connectivity index (χ3n) is 2.94. The maximum absolute atomic E-state index is 10.2. The maximum atomic E-state index is 10.2. The van der Waals surface area contributed by atoms with Gasteiger partial charge in [-0.25, -0.2) is 0 Å². The van der Waals surface area contributed by atoms with Gasteiger partial charge in [-0.15, -0.1) is 0 Å². The number of rotatable bonds is 6. The molecular formula is C15H27ClN2O. The third kappa shape index (κ3) is 6.81. The Bertz CT molecular complexity index is 377. The largest absolute Gasteiger partial charge is 1.00 e. The molecule has 0 amide bonds. The van der Waals surface area contributed by atoms with Gasteiger partial charge in [0, 0.05) is 18.8 Å². The molecule has 1 N–H and O–H groups in total. The van der Waals surface area contributed by atoms with Crippen LogP contribution in [-0.4, -0.2) is 56.5 Å². The maximum Gasteiger partial charge on any atom is 0.120 e. The highest BCUT2D eigenvalue weighted by Crippen LogP contribution is 2.16. The molecule has 110 valence electrons. The summed E-state index contributed by atoms with van der Waals surface area (Å²) in [4.78, 5) is 2.23. The Labute approximate surface area is 123 Å². The van der Waals surface area contributed by atoms with Crippen LogP contribution >= 0.6 is 0 Å². The molecule has 0 aliphatic carbocycles. The van der Waals surface area contributed by atoms with Crippen LogP contribution in [0.3, 0.4) is 0 Å². The number of aryl methyl sites for hydroxylation is 1. The van der Waals surface area contributed by atoms with E-state index in [1.165, 1.54) is 11.3 Å². The molecule has 1 aromatic rings. The van der Waals surface area contributed by atoms with Crippen molar-refractivity contribution in [3.63, 3.8) is 0 Å². The molecule has 1 rings (SSSR count). The van der Waals surface area contributed by atoms with E-state index in [-0.39, 0.29) is 18.5 Å². The van der Waals surface area contributed by atoms with Gasteiger partial charge in [-0.05, 0) is 31.5 Å². The number of aliphatic hydroxyl groups excluding tert-OH is 1. The van der Waals surface area contributed by atoms with E-state index in [2.05, 4.69) is 64.2 Å². The molecule has 19 heavy (non-hydrogen) atoms. The molecule has 0 aliphatic rings. The minimum Gasteiger partial charge on any atom is -1.00 e. The summed E-state index contributed by atoms with van der Waals surface area (Å²) in [6.07, 6.45) is -0.300. The fourth-order valence-electron chi connectivity index (χ4n) is 2.19. The molecule has 0 saturated heterocycles. The van der Waals surface area contributed by atoms with Crippen LogP contribution in [0.2, 0.25) is 0 Å². The quantitative estimate of drug-likeness (QED) is 0.671. The summed E-state index contributed by atoms with van der Waals surface area (Å²) in [5, 5.41) is 10.2. The molecule has 0 aromatic heterocycles. The van der Waals surface area contributed by atoms with Crippen LogP contribution in [0.1, 0.15) is 12.5 Å². The number of quaternary nitrogens is 1. The molecule has 1 aromatic carbocycles. The molecule has 4 heteroatoms. The van der Waals surface area contributed by atoms with E-state index >= 15 is 0 Å². The van der Waals surface area contributed by atoms with Crippen LogP contribution in [0, 0.1) is 6.92 Å². The monoisotopic (exact) mass is 286 g/mol. The summed E-state index contributed by atoms with van der Waals surface area (Å²) < 4.78 is 0.784. The smallest absolute Gasteiger partial charge is 0.120 e. The van der Waals surface area contributed by atoms with Crippen molar-refractivity contribution in [2.45, 2.75) is 20.0 Å². The zero-order chi connectivity index (χ0) is 13.8. The number of hydrogen-bond donors (Lipinski definition) is 1. The fraction of sp³-hybridized carbons (Fsp3) is 0.600. The van der Waals surface area contributed by atoms with Gasteiger partial charge in [0.2, 0.25) is 0 Å². The molecule has 0 aliphatic heterocycles. The minimum atomic E-state index is -0.300. The topological polar surface area (TPSA) is 23.5 Å². The van der Waals surface area contributed by atoms with Gasteiger partial charge in [-0.1, -0.05) is 12.1 Å². The number of halogens is 1. The van der Waals surface area contributed by atoms with E-state index in [1.807, 2.05) is 0 Å². The highest BCUT2D eigenvalue weighted by atomic mass is 35.5. The van der Waals surface area contributed by atoms with Crippen LogP contribution in [0.5, 0.6) is 0 Å². The number of benzene rings is 1. The second-order valence-corrected chi connectivity index (χ2v) is 6.00. The van der Waals surface area contributed by atoms with Gasteiger partial charge < -0.3 is 26.9 Å². The predicted molar refractivity (Wildman–Crippen MR) is 78.0 cm³/mol. The highest BCUT2D eigenvalue weighted by Gasteiger charge is 2.18. The van der Waals surface area contributed by atoms with Crippen molar-refractivity contribution in [2.75, 3.05) is 45.7 Å². The van der Waals surface area contributed by atoms with Crippen LogP contribution in [0.25, 0.3) is 0 Å². The van der Waals surface area contributed by atoms with Crippen molar-refractivity contribution in [3.05, 3.63) is 29.8 Å². The summed E-state index contributed by atoms with van der Waals surface area (Å²) in [6.45, 7) is 6.59. The van der Waals surface area contributed by atoms with E-state index in [4.69, 9.17) is 0 Å². The third-order valence-corrected chi connectivity index (χ3v) is 2.94. The number of anilines is 1. The molecule has 3 nitrogen and oxygen atoms in total. The molecule has 1 atom stereocenters. The lowest BCUT2D eigenvalue weighted by Gasteiger charge is -2.31. The zero-order valence-corrected chi connectivity index (χ0v) is 13.5. The zero-order valence-electron chi connectivity index (χ0n) is 12.7. The van der Waals surface area contributed by atoms with Gasteiger partial charge in [0.15, 0.2) is 0 Å². The first-order valence-corrected chi connectivity index (χ1v) is 6.62. The molecule has 0 fully saturated rings. The average molecular weight is 287 g/mol. The number of likely N-dealkylation sites (N-methyl/N-ethyl adjacent to an activating group) is 2. The average Bonchev–Trinajstić information content (AvgIpc) is 2.23. The lowest BCUT2D eigenvalue weighted by Crippen LogP contribution is -3.00. The van der Waals surface area contributed by atoms with Crippen LogP contribution < -0.4 is 17.3 Å². The Hall–Kier alpha value is -0.770. The lowest BCUT2D eigenvalue weighted by molar-refractivity contribution is -0.873. The second kappa shape index (κ2) is 7.73. The summed E-state index contributed by atoms with van der Waals surface area (Å²) in [7, 11) is 6.31. The van der Waals surface area contributed by atoms with E-state index in [0.29, 0.717) is 6.54 Å². The van der Waals surface area contributed by atoms with Gasteiger partial charge in [-0.3, -0.25) is 0 Å². The standard InChI is InChI=1S/C15H27N2O.ClH/c1-6-16(11-15(18)12-17(3,4)5)14-9-7-8-13(2)10-14;/h7-10,15,18H,6,11-12H2,1-5H3;1H/q+1;/p-1. The summed E-state index contributed by atoms with van der Waals surface area (Å²) in [6, 6.07) is 8.44. The van der Waals surface area contributed by atoms with Gasteiger partial charge in [0.25, 0.3) is 0 Å². The Morgan fingerprint density at radius 2 is 1.89 bits per heavy atom. The lowest BCUT2D eigenvalue weighted by atomic mass is 10.2. The van der Waals surface area contributed by atoms with Gasteiger partial charge >= 0.3 is 0 Å². The van der Waals surface area contributed by atoms with Gasteiger partial charge in [-0.2, -0.15) is 0 Å². The molecule has 0 heterocycles. The van der Waals surface area contributed by atoms with E-state index in [1.54, 1.807) is 0 Å². The Balaban J connectivity index is 0.00000324. The first kappa shape index (κ1) is 18.2. The molecule has 0 bridgehead atoms. The van der Waals surface area contributed by atoms with Crippen LogP contribution in [0.15, 0.2) is 24.3 Å². The number of hydrogen-bond acceptors (Lipinski definition) is 2. The molecular weight excluding hydrogens is 260 g/mol. The SMILES string of the molecule is CCN(CC(O)C[N+](C)(C)C)c1cccc(C)c1.[Cl-]. The Morgan fingerprint density at radius 3 is 2.37 bits per heavy atom. The van der Waals surface area contributed by atoms with Crippen molar-refractivity contribution in [1.29, 1.82) is 0 Å². The Kier molecular flexibility index (Phi) is 7.42. The molecule has 1 unspecified atom stereocenters. The van der Waals surface area contributed by atoms with Crippen LogP contribution in [0.4, 0.5) is 5.69 Å². The Morgan fingerprint density at radius 1 is 1.26 bits per heavy atom. The van der Waals surface area contributed by atoms with Gasteiger partial charge in [0.05, 0.1) is 21.1 Å². The van der Waals surface area contributed by atoms with E-state index in [9.17, 15) is 5.11 Å². The second-order valence-electron chi connectivity index (χ2n) is 6.00. The normalized spacial score (nSPS) is 12.7. The number of nitrogens with zero attached hydrogens (tertiary/aromatic N) is 2. The first-order valence-electron chi connectivity index (χ1n) is 6.62. The summed E-state index contributed by atoms with van der Waals surface area (Å²) in [5.41, 5.74) is 2.45. The highest BCUT2D eigenvalue weighted by molar-refractivity contribution is 5.48. The van der Waals surface area contributed by atoms with Crippen molar-refractivity contribution < 1.29 is 22.0 Å². The fourth-order valence-corrected chi connectivity index (χ4v) is 2.19. The van der Waals surface area contributed by atoms with Crippen molar-refractivity contribution in [2.24, 2.45) is 0 Å². The minimum absolute atomic E-state index is 0. The number of aliphatic hydroxyl groups is 1. The van der Waals surface area contributed by atoms with E-state index < -0.39 is 0 Å². The first-order chi connectivity index (χ1) is 8.31. The predicted octanol–water partition coefficient (Wildman–Crippen LogP) is -1.11. The summed E-state index contributed by atoms with van der Waals surface area (Å²) >= 11 is 0.